The molecule has 4 N–H and O–H groups in total. The Hall–Kier alpha value is -1.55. The Balaban J connectivity index is 2.35. The van der Waals surface area contributed by atoms with Crippen LogP contribution in [0.3, 0.4) is 0 Å². The van der Waals surface area contributed by atoms with Crippen molar-refractivity contribution in [3.05, 3.63) is 23.3 Å². The van der Waals surface area contributed by atoms with E-state index < -0.39 is 0 Å². The fourth-order valence-electron chi connectivity index (χ4n) is 2.23. The summed E-state index contributed by atoms with van der Waals surface area (Å²) in [5, 5.41) is 0. The molecule has 4 heteroatoms. The van der Waals surface area contributed by atoms with Crippen molar-refractivity contribution >= 4 is 17.3 Å². The maximum absolute atomic E-state index is 11.9. The standard InChI is InChI=1S/C13H19N3O/c1-8-3-4-11(13(15)9(8)2)16-7-10(6-14)5-12(16)17/h3-4,10H,5-7,14-15H2,1-2H3. The maximum Gasteiger partial charge on any atom is 0.227 e. The topological polar surface area (TPSA) is 72.3 Å². The van der Waals surface area contributed by atoms with Crippen molar-refractivity contribution in [3.63, 3.8) is 0 Å². The number of nitrogen functional groups attached to an aromatic ring is 1. The van der Waals surface area contributed by atoms with E-state index in [4.69, 9.17) is 11.5 Å². The number of anilines is 2. The van der Waals surface area contributed by atoms with Crippen molar-refractivity contribution in [3.8, 4) is 0 Å². The monoisotopic (exact) mass is 233 g/mol. The number of nitrogens with two attached hydrogens (primary N) is 2. The molecule has 1 amide bonds. The van der Waals surface area contributed by atoms with Gasteiger partial charge in [0.2, 0.25) is 5.91 Å². The van der Waals surface area contributed by atoms with E-state index in [2.05, 4.69) is 0 Å². The first-order valence-corrected chi connectivity index (χ1v) is 5.90. The Labute approximate surface area is 102 Å². The molecule has 0 saturated carbocycles. The molecule has 17 heavy (non-hydrogen) atoms. The zero-order valence-corrected chi connectivity index (χ0v) is 10.4. The highest BCUT2D eigenvalue weighted by atomic mass is 16.2. The molecule has 2 rings (SSSR count). The minimum Gasteiger partial charge on any atom is -0.397 e. The van der Waals surface area contributed by atoms with Crippen molar-refractivity contribution < 1.29 is 4.79 Å². The van der Waals surface area contributed by atoms with E-state index in [-0.39, 0.29) is 11.8 Å². The van der Waals surface area contributed by atoms with Crippen LogP contribution in [0.4, 0.5) is 11.4 Å². The van der Waals surface area contributed by atoms with Crippen molar-refractivity contribution in [2.45, 2.75) is 20.3 Å². The lowest BCUT2D eigenvalue weighted by molar-refractivity contribution is -0.117. The summed E-state index contributed by atoms with van der Waals surface area (Å²) >= 11 is 0. The summed E-state index contributed by atoms with van der Waals surface area (Å²) in [5.41, 5.74) is 15.4. The molecular weight excluding hydrogens is 214 g/mol. The summed E-state index contributed by atoms with van der Waals surface area (Å²) in [6.07, 6.45) is 0.531. The number of amides is 1. The molecule has 1 aliphatic rings. The number of carbonyl (C=O) groups excluding carboxylic acids is 1. The molecule has 0 bridgehead atoms. The van der Waals surface area contributed by atoms with Gasteiger partial charge in [-0.1, -0.05) is 6.07 Å². The average molecular weight is 233 g/mol. The van der Waals surface area contributed by atoms with Gasteiger partial charge in [0.25, 0.3) is 0 Å². The van der Waals surface area contributed by atoms with Crippen molar-refractivity contribution in [2.24, 2.45) is 11.7 Å². The van der Waals surface area contributed by atoms with E-state index in [1.54, 1.807) is 4.90 Å². The smallest absolute Gasteiger partial charge is 0.227 e. The summed E-state index contributed by atoms with van der Waals surface area (Å²) in [4.78, 5) is 13.7. The highest BCUT2D eigenvalue weighted by molar-refractivity contribution is 5.99. The number of carbonyl (C=O) groups is 1. The summed E-state index contributed by atoms with van der Waals surface area (Å²) in [5.74, 6) is 0.374. The normalized spacial score (nSPS) is 20.1. The summed E-state index contributed by atoms with van der Waals surface area (Å²) in [6.45, 7) is 5.23. The lowest BCUT2D eigenvalue weighted by Gasteiger charge is -2.20. The van der Waals surface area contributed by atoms with Crippen LogP contribution in [0.5, 0.6) is 0 Å². The molecule has 0 radical (unpaired) electrons. The highest BCUT2D eigenvalue weighted by Crippen LogP contribution is 2.32. The molecule has 1 atom stereocenters. The summed E-state index contributed by atoms with van der Waals surface area (Å²) in [6, 6.07) is 3.93. The van der Waals surface area contributed by atoms with Gasteiger partial charge in [0.15, 0.2) is 0 Å². The SMILES string of the molecule is Cc1ccc(N2CC(CN)CC2=O)c(N)c1C. The number of nitrogens with zero attached hydrogens (tertiary/aromatic N) is 1. The Bertz CT molecular complexity index is 456. The Morgan fingerprint density at radius 1 is 1.41 bits per heavy atom. The number of benzene rings is 1. The van der Waals surface area contributed by atoms with Crippen LogP contribution >= 0.6 is 0 Å². The lowest BCUT2D eigenvalue weighted by Crippen LogP contribution is -2.26. The Kier molecular flexibility index (Phi) is 3.07. The average Bonchev–Trinajstić information content (AvgIpc) is 2.68. The van der Waals surface area contributed by atoms with E-state index in [0.29, 0.717) is 25.2 Å². The van der Waals surface area contributed by atoms with E-state index in [1.807, 2.05) is 26.0 Å². The molecule has 1 saturated heterocycles. The van der Waals surface area contributed by atoms with Crippen LogP contribution < -0.4 is 16.4 Å². The van der Waals surface area contributed by atoms with Crippen LogP contribution in [0.15, 0.2) is 12.1 Å². The quantitative estimate of drug-likeness (QED) is 0.754. The van der Waals surface area contributed by atoms with Crippen LogP contribution in [0, 0.1) is 19.8 Å². The molecular formula is C13H19N3O. The van der Waals surface area contributed by atoms with E-state index in [9.17, 15) is 4.79 Å². The van der Waals surface area contributed by atoms with Gasteiger partial charge in [-0.2, -0.15) is 0 Å². The Morgan fingerprint density at radius 2 is 2.12 bits per heavy atom. The second-order valence-corrected chi connectivity index (χ2v) is 4.75. The van der Waals surface area contributed by atoms with Gasteiger partial charge in [-0.15, -0.1) is 0 Å². The van der Waals surface area contributed by atoms with Gasteiger partial charge in [0.05, 0.1) is 11.4 Å². The maximum atomic E-state index is 11.9. The van der Waals surface area contributed by atoms with Crippen LogP contribution in [0.25, 0.3) is 0 Å². The van der Waals surface area contributed by atoms with Gasteiger partial charge in [-0.25, -0.2) is 0 Å². The van der Waals surface area contributed by atoms with Crippen LogP contribution in [0.1, 0.15) is 17.5 Å². The molecule has 0 aliphatic carbocycles. The first kappa shape index (κ1) is 11.9. The number of hydrogen-bond acceptors (Lipinski definition) is 3. The van der Waals surface area contributed by atoms with Gasteiger partial charge in [-0.3, -0.25) is 4.79 Å². The number of aryl methyl sites for hydroxylation is 1. The van der Waals surface area contributed by atoms with Crippen LogP contribution in [-0.2, 0) is 4.79 Å². The third-order valence-corrected chi connectivity index (χ3v) is 3.59. The van der Waals surface area contributed by atoms with Crippen molar-refractivity contribution in [1.29, 1.82) is 0 Å². The summed E-state index contributed by atoms with van der Waals surface area (Å²) < 4.78 is 0. The van der Waals surface area contributed by atoms with E-state index in [1.165, 1.54) is 0 Å². The van der Waals surface area contributed by atoms with Crippen LogP contribution in [-0.4, -0.2) is 19.0 Å². The van der Waals surface area contributed by atoms with Gasteiger partial charge in [0.1, 0.15) is 0 Å². The largest absolute Gasteiger partial charge is 0.397 e. The zero-order valence-electron chi connectivity index (χ0n) is 10.4. The highest BCUT2D eigenvalue weighted by Gasteiger charge is 2.30. The summed E-state index contributed by atoms with van der Waals surface area (Å²) in [7, 11) is 0. The minimum absolute atomic E-state index is 0.121. The molecule has 1 aliphatic heterocycles. The zero-order chi connectivity index (χ0) is 12.6. The van der Waals surface area contributed by atoms with Gasteiger partial charge < -0.3 is 16.4 Å². The number of hydrogen-bond donors (Lipinski definition) is 2. The van der Waals surface area contributed by atoms with Gasteiger partial charge in [0, 0.05) is 13.0 Å². The molecule has 1 heterocycles. The van der Waals surface area contributed by atoms with Crippen LogP contribution in [0.2, 0.25) is 0 Å². The third kappa shape index (κ3) is 2.00. The second kappa shape index (κ2) is 4.37. The van der Waals surface area contributed by atoms with E-state index in [0.717, 1.165) is 16.8 Å². The van der Waals surface area contributed by atoms with Gasteiger partial charge in [-0.05, 0) is 43.5 Å². The molecule has 92 valence electrons. The molecule has 4 nitrogen and oxygen atoms in total. The molecule has 0 aromatic heterocycles. The fourth-order valence-corrected chi connectivity index (χ4v) is 2.23. The molecule has 1 unspecified atom stereocenters. The predicted molar refractivity (Wildman–Crippen MR) is 69.8 cm³/mol. The van der Waals surface area contributed by atoms with E-state index >= 15 is 0 Å². The molecule has 0 spiro atoms. The Morgan fingerprint density at radius 3 is 2.71 bits per heavy atom. The molecule has 1 aromatic rings. The molecule has 1 fully saturated rings. The van der Waals surface area contributed by atoms with Gasteiger partial charge >= 0.3 is 0 Å². The van der Waals surface area contributed by atoms with Crippen molar-refractivity contribution in [1.82, 2.24) is 0 Å². The fraction of sp³-hybridized carbons (Fsp3) is 0.462. The van der Waals surface area contributed by atoms with Crippen molar-refractivity contribution in [2.75, 3.05) is 23.7 Å². The minimum atomic E-state index is 0.121. The first-order chi connectivity index (χ1) is 8.04. The first-order valence-electron chi connectivity index (χ1n) is 5.90. The predicted octanol–water partition coefficient (Wildman–Crippen LogP) is 1.20. The number of rotatable bonds is 2. The molecule has 1 aromatic carbocycles. The lowest BCUT2D eigenvalue weighted by atomic mass is 10.1. The second-order valence-electron chi connectivity index (χ2n) is 4.75. The third-order valence-electron chi connectivity index (χ3n) is 3.59.